The van der Waals surface area contributed by atoms with Gasteiger partial charge in [0.2, 0.25) is 0 Å². The molecule has 2 bridgehead atoms. The molecule has 0 N–H and O–H groups in total. The van der Waals surface area contributed by atoms with Crippen LogP contribution in [0, 0.1) is 16.7 Å². The number of oxime groups is 1. The lowest BCUT2D eigenvalue weighted by molar-refractivity contribution is 0.124. The lowest BCUT2D eigenvalue weighted by Crippen LogP contribution is -2.32. The summed E-state index contributed by atoms with van der Waals surface area (Å²) in [4.78, 5) is 5.81. The summed E-state index contributed by atoms with van der Waals surface area (Å²) in [5.41, 5.74) is 3.06. The summed E-state index contributed by atoms with van der Waals surface area (Å²) < 4.78 is 0. The molecule has 2 heteroatoms. The van der Waals surface area contributed by atoms with E-state index >= 15 is 0 Å². The van der Waals surface area contributed by atoms with E-state index in [0.717, 1.165) is 12.3 Å². The van der Waals surface area contributed by atoms with Crippen LogP contribution in [0.15, 0.2) is 47.6 Å². The summed E-state index contributed by atoms with van der Waals surface area (Å²) in [6.45, 7) is 7.72. The van der Waals surface area contributed by atoms with Gasteiger partial charge in [0.1, 0.15) is 6.61 Å². The van der Waals surface area contributed by atoms with Crippen LogP contribution in [0.4, 0.5) is 0 Å². The number of nitrogens with zero attached hydrogens (tertiary/aromatic N) is 1. The van der Waals surface area contributed by atoms with E-state index in [1.165, 1.54) is 34.9 Å². The molecule has 2 aromatic carbocycles. The van der Waals surface area contributed by atoms with Crippen molar-refractivity contribution in [2.75, 3.05) is 0 Å². The Morgan fingerprint density at radius 2 is 1.87 bits per heavy atom. The fourth-order valence-corrected chi connectivity index (χ4v) is 4.66. The van der Waals surface area contributed by atoms with Crippen molar-refractivity contribution in [3.63, 3.8) is 0 Å². The topological polar surface area (TPSA) is 21.6 Å². The Balaban J connectivity index is 1.54. The normalized spacial score (nSPS) is 30.2. The largest absolute Gasteiger partial charge is 0.391 e. The minimum absolute atomic E-state index is 0.219. The average Bonchev–Trinajstić information content (AvgIpc) is 2.88. The summed E-state index contributed by atoms with van der Waals surface area (Å²) in [6, 6.07) is 14.8. The van der Waals surface area contributed by atoms with Gasteiger partial charge in [0.15, 0.2) is 0 Å². The van der Waals surface area contributed by atoms with Gasteiger partial charge in [-0.15, -0.1) is 0 Å². The highest BCUT2D eigenvalue weighted by atomic mass is 16.6. The second kappa shape index (κ2) is 5.09. The third-order valence-corrected chi connectivity index (χ3v) is 6.79. The number of fused-ring (bicyclic) bond motifs is 3. The Morgan fingerprint density at radius 3 is 2.61 bits per heavy atom. The van der Waals surface area contributed by atoms with Crippen molar-refractivity contribution in [1.82, 2.24) is 0 Å². The Labute approximate surface area is 138 Å². The van der Waals surface area contributed by atoms with Gasteiger partial charge < -0.3 is 4.84 Å². The molecule has 0 saturated heterocycles. The molecule has 2 saturated carbocycles. The number of rotatable bonds is 3. The van der Waals surface area contributed by atoms with Crippen LogP contribution < -0.4 is 0 Å². The quantitative estimate of drug-likeness (QED) is 0.680. The van der Waals surface area contributed by atoms with Crippen molar-refractivity contribution in [3.05, 3.63) is 48.0 Å². The van der Waals surface area contributed by atoms with Gasteiger partial charge in [-0.25, -0.2) is 0 Å². The van der Waals surface area contributed by atoms with Crippen molar-refractivity contribution in [2.24, 2.45) is 21.9 Å². The van der Waals surface area contributed by atoms with Crippen LogP contribution in [0.3, 0.4) is 0 Å². The first kappa shape index (κ1) is 14.7. The number of hydrogen-bond donors (Lipinski definition) is 0. The Kier molecular flexibility index (Phi) is 3.26. The van der Waals surface area contributed by atoms with Crippen LogP contribution in [0.25, 0.3) is 10.8 Å². The summed E-state index contributed by atoms with van der Waals surface area (Å²) in [5, 5.41) is 7.11. The molecule has 0 aromatic heterocycles. The molecule has 2 nitrogen and oxygen atoms in total. The highest BCUT2D eigenvalue weighted by Crippen LogP contribution is 2.64. The first-order valence-electron chi connectivity index (χ1n) is 8.68. The molecule has 2 aliphatic rings. The second-order valence-corrected chi connectivity index (χ2v) is 7.94. The monoisotopic (exact) mass is 307 g/mol. The van der Waals surface area contributed by atoms with Crippen molar-refractivity contribution in [1.29, 1.82) is 0 Å². The first-order chi connectivity index (χ1) is 11.0. The molecular formula is C21H25NO. The lowest BCUT2D eigenvalue weighted by atomic mass is 9.70. The molecule has 2 fully saturated rings. The minimum atomic E-state index is 0.219. The van der Waals surface area contributed by atoms with E-state index in [9.17, 15) is 0 Å². The van der Waals surface area contributed by atoms with Crippen LogP contribution in [0.5, 0.6) is 0 Å². The van der Waals surface area contributed by atoms with Gasteiger partial charge in [-0.3, -0.25) is 0 Å². The summed E-state index contributed by atoms with van der Waals surface area (Å²) >= 11 is 0. The van der Waals surface area contributed by atoms with Gasteiger partial charge in [0.25, 0.3) is 0 Å². The van der Waals surface area contributed by atoms with E-state index in [1.807, 2.05) is 0 Å². The van der Waals surface area contributed by atoms with Gasteiger partial charge in [0, 0.05) is 5.41 Å². The predicted molar refractivity (Wildman–Crippen MR) is 95.4 cm³/mol. The second-order valence-electron chi connectivity index (χ2n) is 7.94. The molecule has 120 valence electrons. The summed E-state index contributed by atoms with van der Waals surface area (Å²) in [7, 11) is 0. The molecule has 0 heterocycles. The van der Waals surface area contributed by atoms with E-state index in [2.05, 4.69) is 68.4 Å². The van der Waals surface area contributed by atoms with Crippen molar-refractivity contribution in [2.45, 2.75) is 46.6 Å². The van der Waals surface area contributed by atoms with E-state index in [1.54, 1.807) is 0 Å². The lowest BCUT2D eigenvalue weighted by Gasteiger charge is -2.34. The fraction of sp³-hybridized carbons (Fsp3) is 0.476. The molecule has 0 spiro atoms. The van der Waals surface area contributed by atoms with Crippen molar-refractivity contribution >= 4 is 16.5 Å². The summed E-state index contributed by atoms with van der Waals surface area (Å²) in [5.74, 6) is 0.771. The maximum Gasteiger partial charge on any atom is 0.142 e. The molecular weight excluding hydrogens is 282 g/mol. The highest BCUT2D eigenvalue weighted by molar-refractivity contribution is 5.94. The Morgan fingerprint density at radius 1 is 1.09 bits per heavy atom. The molecule has 2 aromatic rings. The standard InChI is InChI=1S/C21H25NO/c1-20(2)17-11-12-21(20,3)19(13-17)22-23-14-16-9-6-8-15-7-4-5-10-18(15)16/h4-10,17H,11-14H2,1-3H3/b22-19+/t17-,21+/m1/s1. The predicted octanol–water partition coefficient (Wildman–Crippen LogP) is 5.56. The molecule has 2 aliphatic carbocycles. The molecule has 0 amide bonds. The van der Waals surface area contributed by atoms with E-state index < -0.39 is 0 Å². The van der Waals surface area contributed by atoms with Crippen LogP contribution in [-0.2, 0) is 11.4 Å². The molecule has 23 heavy (non-hydrogen) atoms. The maximum absolute atomic E-state index is 5.81. The molecule has 0 unspecified atom stereocenters. The third kappa shape index (κ3) is 2.11. The number of hydrogen-bond acceptors (Lipinski definition) is 2. The van der Waals surface area contributed by atoms with Gasteiger partial charge >= 0.3 is 0 Å². The average molecular weight is 307 g/mol. The zero-order valence-electron chi connectivity index (χ0n) is 14.3. The van der Waals surface area contributed by atoms with Crippen LogP contribution >= 0.6 is 0 Å². The first-order valence-corrected chi connectivity index (χ1v) is 8.68. The van der Waals surface area contributed by atoms with E-state index in [0.29, 0.717) is 12.0 Å². The van der Waals surface area contributed by atoms with Crippen LogP contribution in [0.1, 0.15) is 45.6 Å². The molecule has 0 radical (unpaired) electrons. The van der Waals surface area contributed by atoms with E-state index in [4.69, 9.17) is 4.84 Å². The zero-order valence-corrected chi connectivity index (χ0v) is 14.3. The number of benzene rings is 2. The zero-order chi connectivity index (χ0) is 16.1. The highest BCUT2D eigenvalue weighted by Gasteiger charge is 2.60. The molecule has 4 rings (SSSR count). The van der Waals surface area contributed by atoms with E-state index in [-0.39, 0.29) is 5.41 Å². The summed E-state index contributed by atoms with van der Waals surface area (Å²) in [6.07, 6.45) is 3.70. The van der Waals surface area contributed by atoms with Gasteiger partial charge in [-0.05, 0) is 46.9 Å². The minimum Gasteiger partial charge on any atom is -0.391 e. The Hall–Kier alpha value is -1.83. The fourth-order valence-electron chi connectivity index (χ4n) is 4.66. The SMILES string of the molecule is CC1(C)[C@@H]2CC[C@@]1(C)/C(=N/OCc1cccc3ccccc13)C2. The maximum atomic E-state index is 5.81. The van der Waals surface area contributed by atoms with Crippen molar-refractivity contribution < 1.29 is 4.84 Å². The molecule has 0 aliphatic heterocycles. The van der Waals surface area contributed by atoms with Gasteiger partial charge in [0.05, 0.1) is 5.71 Å². The Bertz CT molecular complexity index is 771. The smallest absolute Gasteiger partial charge is 0.142 e. The van der Waals surface area contributed by atoms with Crippen molar-refractivity contribution in [3.8, 4) is 0 Å². The third-order valence-electron chi connectivity index (χ3n) is 6.79. The molecule has 2 atom stereocenters. The van der Waals surface area contributed by atoms with Crippen LogP contribution in [-0.4, -0.2) is 5.71 Å². The van der Waals surface area contributed by atoms with Gasteiger partial charge in [-0.2, -0.15) is 0 Å². The van der Waals surface area contributed by atoms with Crippen LogP contribution in [0.2, 0.25) is 0 Å². The van der Waals surface area contributed by atoms with Gasteiger partial charge in [-0.1, -0.05) is 68.4 Å².